The van der Waals surface area contributed by atoms with E-state index in [4.69, 9.17) is 0 Å². The molecule has 0 fully saturated rings. The molecule has 0 spiro atoms. The van der Waals surface area contributed by atoms with Crippen LogP contribution in [0.3, 0.4) is 0 Å². The summed E-state index contributed by atoms with van der Waals surface area (Å²) in [6, 6.07) is 15.0. The number of fused-ring (bicyclic) bond motifs is 1. The van der Waals surface area contributed by atoms with E-state index < -0.39 is 0 Å². The molecule has 0 saturated heterocycles. The van der Waals surface area contributed by atoms with Crippen molar-refractivity contribution in [3.63, 3.8) is 0 Å². The van der Waals surface area contributed by atoms with Gasteiger partial charge in [-0.05, 0) is 36.5 Å². The number of rotatable bonds is 7. The first-order valence-corrected chi connectivity index (χ1v) is 9.96. The molecule has 28 heavy (non-hydrogen) atoms. The second-order valence-corrected chi connectivity index (χ2v) is 7.13. The molecule has 146 valence electrons. The number of amides is 1. The molecule has 5 heteroatoms. The SMILES string of the molecule is CCCCn1nc(C(=O)Nc2ccccc2[C@@H](C)CC)c2ccccc2c1=O. The van der Waals surface area contributed by atoms with Crippen molar-refractivity contribution in [2.75, 3.05) is 5.32 Å². The highest BCUT2D eigenvalue weighted by Crippen LogP contribution is 2.27. The summed E-state index contributed by atoms with van der Waals surface area (Å²) in [5, 5.41) is 8.55. The Kier molecular flexibility index (Phi) is 6.24. The van der Waals surface area contributed by atoms with Crippen molar-refractivity contribution in [1.29, 1.82) is 0 Å². The van der Waals surface area contributed by atoms with Crippen molar-refractivity contribution >= 4 is 22.4 Å². The van der Waals surface area contributed by atoms with Crippen molar-refractivity contribution in [3.05, 3.63) is 70.1 Å². The van der Waals surface area contributed by atoms with Gasteiger partial charge in [0.2, 0.25) is 0 Å². The molecule has 1 N–H and O–H groups in total. The Morgan fingerprint density at radius 1 is 1.07 bits per heavy atom. The third-order valence-electron chi connectivity index (χ3n) is 5.16. The number of aryl methyl sites for hydroxylation is 1. The number of anilines is 1. The standard InChI is InChI=1S/C23H27N3O2/c1-4-6-15-26-23(28)19-13-8-7-12-18(19)21(25-26)22(27)24-20-14-10-9-11-17(20)16(3)5-2/h7-14,16H,4-6,15H2,1-3H3,(H,24,27)/t16-/m0/s1. The van der Waals surface area contributed by atoms with Gasteiger partial charge in [-0.1, -0.05) is 63.6 Å². The third-order valence-corrected chi connectivity index (χ3v) is 5.16. The number of carbonyl (C=O) groups is 1. The monoisotopic (exact) mass is 377 g/mol. The highest BCUT2D eigenvalue weighted by atomic mass is 16.2. The van der Waals surface area contributed by atoms with E-state index in [-0.39, 0.29) is 17.2 Å². The molecule has 0 aliphatic carbocycles. The lowest BCUT2D eigenvalue weighted by Crippen LogP contribution is -2.28. The zero-order valence-corrected chi connectivity index (χ0v) is 16.7. The lowest BCUT2D eigenvalue weighted by atomic mass is 9.97. The summed E-state index contributed by atoms with van der Waals surface area (Å²) in [6.07, 6.45) is 2.77. The molecule has 0 saturated carbocycles. The molecule has 3 aromatic rings. The maximum Gasteiger partial charge on any atom is 0.276 e. The number of hydrogen-bond donors (Lipinski definition) is 1. The van der Waals surface area contributed by atoms with E-state index in [1.165, 1.54) is 4.68 Å². The van der Waals surface area contributed by atoms with E-state index in [9.17, 15) is 9.59 Å². The van der Waals surface area contributed by atoms with Crippen molar-refractivity contribution < 1.29 is 4.79 Å². The van der Waals surface area contributed by atoms with E-state index in [1.54, 1.807) is 12.1 Å². The smallest absolute Gasteiger partial charge is 0.276 e. The van der Waals surface area contributed by atoms with Gasteiger partial charge in [-0.15, -0.1) is 0 Å². The highest BCUT2D eigenvalue weighted by molar-refractivity contribution is 6.11. The number of nitrogens with one attached hydrogen (secondary N) is 1. The Morgan fingerprint density at radius 2 is 1.75 bits per heavy atom. The van der Waals surface area contributed by atoms with Crippen LogP contribution in [0.5, 0.6) is 0 Å². The van der Waals surface area contributed by atoms with Crippen molar-refractivity contribution in [3.8, 4) is 0 Å². The van der Waals surface area contributed by atoms with Crippen LogP contribution in [0.15, 0.2) is 53.3 Å². The molecule has 2 aromatic carbocycles. The number of nitrogens with zero attached hydrogens (tertiary/aromatic N) is 2. The second-order valence-electron chi connectivity index (χ2n) is 7.13. The molecule has 0 aliphatic heterocycles. The first kappa shape index (κ1) is 19.8. The summed E-state index contributed by atoms with van der Waals surface area (Å²) in [5.74, 6) is 0.0388. The molecule has 1 aromatic heterocycles. The number of carbonyl (C=O) groups excluding carboxylic acids is 1. The van der Waals surface area contributed by atoms with E-state index >= 15 is 0 Å². The maximum atomic E-state index is 13.1. The van der Waals surface area contributed by atoms with Crippen LogP contribution in [0.1, 0.15) is 62.0 Å². The zero-order chi connectivity index (χ0) is 20.1. The van der Waals surface area contributed by atoms with Crippen LogP contribution in [0.4, 0.5) is 5.69 Å². The van der Waals surface area contributed by atoms with Crippen LogP contribution in [0, 0.1) is 0 Å². The van der Waals surface area contributed by atoms with E-state index in [0.29, 0.717) is 23.2 Å². The van der Waals surface area contributed by atoms with Gasteiger partial charge in [0, 0.05) is 17.6 Å². The zero-order valence-electron chi connectivity index (χ0n) is 16.7. The fourth-order valence-corrected chi connectivity index (χ4v) is 3.30. The quantitative estimate of drug-likeness (QED) is 0.633. The number of benzene rings is 2. The van der Waals surface area contributed by atoms with Crippen LogP contribution in [-0.4, -0.2) is 15.7 Å². The average Bonchev–Trinajstić information content (AvgIpc) is 2.73. The van der Waals surface area contributed by atoms with Gasteiger partial charge >= 0.3 is 0 Å². The molecular formula is C23H27N3O2. The summed E-state index contributed by atoms with van der Waals surface area (Å²) in [6.45, 7) is 6.83. The molecule has 1 atom stereocenters. The van der Waals surface area contributed by atoms with Crippen molar-refractivity contribution in [2.24, 2.45) is 0 Å². The first-order valence-electron chi connectivity index (χ1n) is 9.96. The van der Waals surface area contributed by atoms with E-state index in [1.807, 2.05) is 36.4 Å². The lowest BCUT2D eigenvalue weighted by Gasteiger charge is -2.16. The fraction of sp³-hybridized carbons (Fsp3) is 0.348. The summed E-state index contributed by atoms with van der Waals surface area (Å²) in [7, 11) is 0. The largest absolute Gasteiger partial charge is 0.320 e. The van der Waals surface area contributed by atoms with Gasteiger partial charge in [0.15, 0.2) is 5.69 Å². The van der Waals surface area contributed by atoms with Gasteiger partial charge in [-0.3, -0.25) is 9.59 Å². The topological polar surface area (TPSA) is 64.0 Å². The van der Waals surface area contributed by atoms with E-state index in [2.05, 4.69) is 31.2 Å². The molecule has 0 unspecified atom stereocenters. The van der Waals surface area contributed by atoms with Gasteiger partial charge in [-0.25, -0.2) is 4.68 Å². The van der Waals surface area contributed by atoms with Gasteiger partial charge in [0.05, 0.1) is 5.39 Å². The minimum absolute atomic E-state index is 0.152. The van der Waals surface area contributed by atoms with Crippen LogP contribution in [0.2, 0.25) is 0 Å². The first-order chi connectivity index (χ1) is 13.6. The third kappa shape index (κ3) is 3.98. The number of para-hydroxylation sites is 1. The predicted octanol–water partition coefficient (Wildman–Crippen LogP) is 4.96. The normalized spacial score (nSPS) is 12.1. The molecular weight excluding hydrogens is 350 g/mol. The second kappa shape index (κ2) is 8.83. The highest BCUT2D eigenvalue weighted by Gasteiger charge is 2.18. The Bertz CT molecular complexity index is 1040. The molecule has 1 amide bonds. The predicted molar refractivity (Wildman–Crippen MR) is 114 cm³/mol. The van der Waals surface area contributed by atoms with Gasteiger partial charge in [0.1, 0.15) is 0 Å². The van der Waals surface area contributed by atoms with E-state index in [0.717, 1.165) is 30.5 Å². The minimum atomic E-state index is -0.294. The fourth-order valence-electron chi connectivity index (χ4n) is 3.30. The molecule has 1 heterocycles. The van der Waals surface area contributed by atoms with Crippen LogP contribution >= 0.6 is 0 Å². The lowest BCUT2D eigenvalue weighted by molar-refractivity contribution is 0.102. The summed E-state index contributed by atoms with van der Waals surface area (Å²) in [4.78, 5) is 25.9. The molecule has 0 radical (unpaired) electrons. The van der Waals surface area contributed by atoms with Crippen LogP contribution in [0.25, 0.3) is 10.8 Å². The number of aromatic nitrogens is 2. The van der Waals surface area contributed by atoms with Gasteiger partial charge in [0.25, 0.3) is 11.5 Å². The summed E-state index contributed by atoms with van der Waals surface area (Å²) in [5.41, 5.74) is 2.02. The molecule has 0 aliphatic rings. The molecule has 5 nitrogen and oxygen atoms in total. The van der Waals surface area contributed by atoms with Crippen molar-refractivity contribution in [2.45, 2.75) is 52.5 Å². The van der Waals surface area contributed by atoms with Crippen LogP contribution in [-0.2, 0) is 6.54 Å². The molecule has 3 rings (SSSR count). The Balaban J connectivity index is 2.05. The molecule has 0 bridgehead atoms. The van der Waals surface area contributed by atoms with Gasteiger partial charge in [-0.2, -0.15) is 5.10 Å². The Morgan fingerprint density at radius 3 is 2.46 bits per heavy atom. The Hall–Kier alpha value is -2.95. The maximum absolute atomic E-state index is 13.1. The van der Waals surface area contributed by atoms with Crippen LogP contribution < -0.4 is 10.9 Å². The minimum Gasteiger partial charge on any atom is -0.320 e. The number of unbranched alkanes of at least 4 members (excludes halogenated alkanes) is 1. The van der Waals surface area contributed by atoms with Crippen molar-refractivity contribution in [1.82, 2.24) is 9.78 Å². The summed E-state index contributed by atoms with van der Waals surface area (Å²) < 4.78 is 1.42. The summed E-state index contributed by atoms with van der Waals surface area (Å²) >= 11 is 0. The Labute approximate surface area is 165 Å². The number of hydrogen-bond acceptors (Lipinski definition) is 3. The van der Waals surface area contributed by atoms with Gasteiger partial charge < -0.3 is 5.32 Å². The average molecular weight is 377 g/mol.